The largest absolute Gasteiger partial charge is 0.497 e. The van der Waals surface area contributed by atoms with Crippen LogP contribution in [0.5, 0.6) is 5.75 Å². The first kappa shape index (κ1) is 12.1. The number of aromatic nitrogens is 1. The van der Waals surface area contributed by atoms with Crippen LogP contribution in [0.15, 0.2) is 18.2 Å². The summed E-state index contributed by atoms with van der Waals surface area (Å²) in [5.74, 6) is 0.913. The van der Waals surface area contributed by atoms with E-state index in [9.17, 15) is 4.79 Å². The van der Waals surface area contributed by atoms with Crippen LogP contribution in [-0.2, 0) is 17.6 Å². The third-order valence-corrected chi connectivity index (χ3v) is 3.80. The van der Waals surface area contributed by atoms with E-state index < -0.39 is 0 Å². The van der Waals surface area contributed by atoms with Gasteiger partial charge in [-0.25, -0.2) is 0 Å². The third-order valence-electron chi connectivity index (χ3n) is 3.80. The summed E-state index contributed by atoms with van der Waals surface area (Å²) in [4.78, 5) is 14.6. The maximum Gasteiger partial charge on any atom is 0.217 e. The van der Waals surface area contributed by atoms with Gasteiger partial charge in [-0.2, -0.15) is 0 Å². The predicted octanol–water partition coefficient (Wildman–Crippen LogP) is 2.17. The standard InChI is InChI=1S/C15H18N2O2/c1-9(18)16-10-3-5-12-13-6-4-11(19-2)8-15(13)17-14(12)7-10/h4,6,8,10,17H,3,5,7H2,1-2H3,(H,16,18). The minimum Gasteiger partial charge on any atom is -0.497 e. The molecule has 0 radical (unpaired) electrons. The Morgan fingerprint density at radius 2 is 2.32 bits per heavy atom. The number of carbonyl (C=O) groups is 1. The van der Waals surface area contributed by atoms with Gasteiger partial charge in [0.2, 0.25) is 5.91 Å². The van der Waals surface area contributed by atoms with Crippen LogP contribution in [0, 0.1) is 0 Å². The molecule has 0 aliphatic heterocycles. The molecule has 19 heavy (non-hydrogen) atoms. The highest BCUT2D eigenvalue weighted by atomic mass is 16.5. The molecule has 1 heterocycles. The number of carbonyl (C=O) groups excluding carboxylic acids is 1. The Morgan fingerprint density at radius 3 is 3.05 bits per heavy atom. The fourth-order valence-corrected chi connectivity index (χ4v) is 2.95. The number of amides is 1. The Kier molecular flexibility index (Phi) is 2.93. The summed E-state index contributed by atoms with van der Waals surface area (Å²) >= 11 is 0. The van der Waals surface area contributed by atoms with Crippen molar-refractivity contribution in [3.63, 3.8) is 0 Å². The highest BCUT2D eigenvalue weighted by Gasteiger charge is 2.22. The molecule has 1 amide bonds. The maximum absolute atomic E-state index is 11.1. The smallest absolute Gasteiger partial charge is 0.217 e. The molecule has 4 nitrogen and oxygen atoms in total. The number of nitrogens with one attached hydrogen (secondary N) is 2. The SMILES string of the molecule is COc1ccc2c3c([nH]c2c1)CC(NC(C)=O)CC3. The second-order valence-corrected chi connectivity index (χ2v) is 5.13. The summed E-state index contributed by atoms with van der Waals surface area (Å²) in [6.45, 7) is 1.57. The topological polar surface area (TPSA) is 54.1 Å². The van der Waals surface area contributed by atoms with Crippen LogP contribution in [0.3, 0.4) is 0 Å². The predicted molar refractivity (Wildman–Crippen MR) is 74.5 cm³/mol. The molecule has 2 N–H and O–H groups in total. The molecule has 0 spiro atoms. The lowest BCUT2D eigenvalue weighted by Crippen LogP contribution is -2.37. The van der Waals surface area contributed by atoms with Crippen molar-refractivity contribution in [1.29, 1.82) is 0 Å². The zero-order chi connectivity index (χ0) is 13.4. The van der Waals surface area contributed by atoms with Gasteiger partial charge in [-0.1, -0.05) is 0 Å². The van der Waals surface area contributed by atoms with Gasteiger partial charge in [-0.3, -0.25) is 4.79 Å². The number of H-pyrrole nitrogens is 1. The van der Waals surface area contributed by atoms with Crippen molar-refractivity contribution in [2.45, 2.75) is 32.2 Å². The third kappa shape index (κ3) is 2.18. The van der Waals surface area contributed by atoms with Gasteiger partial charge in [0.05, 0.1) is 7.11 Å². The minimum atomic E-state index is 0.0474. The fourth-order valence-electron chi connectivity index (χ4n) is 2.95. The van der Waals surface area contributed by atoms with Gasteiger partial charge in [0, 0.05) is 42.0 Å². The maximum atomic E-state index is 11.1. The van der Waals surface area contributed by atoms with E-state index in [-0.39, 0.29) is 11.9 Å². The zero-order valence-corrected chi connectivity index (χ0v) is 11.2. The number of rotatable bonds is 2. The molecule has 0 fully saturated rings. The van der Waals surface area contributed by atoms with Crippen LogP contribution in [0.1, 0.15) is 24.6 Å². The first-order chi connectivity index (χ1) is 9.17. The summed E-state index contributed by atoms with van der Waals surface area (Å²) in [6.07, 6.45) is 2.89. The quantitative estimate of drug-likeness (QED) is 0.867. The number of methoxy groups -OCH3 is 1. The van der Waals surface area contributed by atoms with Crippen molar-refractivity contribution >= 4 is 16.8 Å². The van der Waals surface area contributed by atoms with E-state index in [1.54, 1.807) is 14.0 Å². The van der Waals surface area contributed by atoms with E-state index in [0.29, 0.717) is 0 Å². The van der Waals surface area contributed by atoms with E-state index >= 15 is 0 Å². The summed E-state index contributed by atoms with van der Waals surface area (Å²) < 4.78 is 5.25. The molecule has 1 atom stereocenters. The monoisotopic (exact) mass is 258 g/mol. The van der Waals surface area contributed by atoms with E-state index in [2.05, 4.69) is 16.4 Å². The Labute approximate surface area is 112 Å². The molecule has 1 aromatic heterocycles. The summed E-state index contributed by atoms with van der Waals surface area (Å²) in [6, 6.07) is 6.39. The van der Waals surface area contributed by atoms with E-state index in [4.69, 9.17) is 4.74 Å². The van der Waals surface area contributed by atoms with Gasteiger partial charge in [-0.15, -0.1) is 0 Å². The first-order valence-corrected chi connectivity index (χ1v) is 6.62. The second kappa shape index (κ2) is 4.61. The van der Waals surface area contributed by atoms with Gasteiger partial charge >= 0.3 is 0 Å². The highest BCUT2D eigenvalue weighted by Crippen LogP contribution is 2.31. The average molecular weight is 258 g/mol. The molecule has 1 aliphatic carbocycles. The van der Waals surface area contributed by atoms with Gasteiger partial charge in [-0.05, 0) is 30.5 Å². The van der Waals surface area contributed by atoms with Crippen molar-refractivity contribution in [2.75, 3.05) is 7.11 Å². The molecule has 0 saturated heterocycles. The van der Waals surface area contributed by atoms with Gasteiger partial charge in [0.15, 0.2) is 0 Å². The lowest BCUT2D eigenvalue weighted by molar-refractivity contribution is -0.119. The van der Waals surface area contributed by atoms with Gasteiger partial charge in [0.1, 0.15) is 5.75 Å². The number of hydrogen-bond acceptors (Lipinski definition) is 2. The van der Waals surface area contributed by atoms with Crippen LogP contribution in [0.4, 0.5) is 0 Å². The van der Waals surface area contributed by atoms with Crippen LogP contribution in [0.25, 0.3) is 10.9 Å². The molecular weight excluding hydrogens is 240 g/mol. The Balaban J connectivity index is 1.95. The second-order valence-electron chi connectivity index (χ2n) is 5.13. The Hall–Kier alpha value is -1.97. The summed E-state index contributed by atoms with van der Waals surface area (Å²) in [7, 11) is 1.68. The van der Waals surface area contributed by atoms with Gasteiger partial charge < -0.3 is 15.0 Å². The van der Waals surface area contributed by atoms with Gasteiger partial charge in [0.25, 0.3) is 0 Å². The van der Waals surface area contributed by atoms with Crippen molar-refractivity contribution in [2.24, 2.45) is 0 Å². The number of hydrogen-bond donors (Lipinski definition) is 2. The summed E-state index contributed by atoms with van der Waals surface area (Å²) in [5.41, 5.74) is 3.75. The Bertz CT molecular complexity index is 630. The van der Waals surface area contributed by atoms with Crippen molar-refractivity contribution in [3.8, 4) is 5.75 Å². The summed E-state index contributed by atoms with van der Waals surface area (Å²) in [5, 5.41) is 4.28. The van der Waals surface area contributed by atoms with E-state index in [0.717, 1.165) is 30.5 Å². The molecule has 0 saturated carbocycles. The molecule has 100 valence electrons. The van der Waals surface area contributed by atoms with Crippen molar-refractivity contribution < 1.29 is 9.53 Å². The molecule has 2 aromatic rings. The van der Waals surface area contributed by atoms with Crippen LogP contribution in [0.2, 0.25) is 0 Å². The molecule has 0 bridgehead atoms. The van der Waals surface area contributed by atoms with E-state index in [1.807, 2.05) is 12.1 Å². The number of aryl methyl sites for hydroxylation is 1. The first-order valence-electron chi connectivity index (χ1n) is 6.62. The van der Waals surface area contributed by atoms with E-state index in [1.165, 1.54) is 16.6 Å². The Morgan fingerprint density at radius 1 is 1.47 bits per heavy atom. The lowest BCUT2D eigenvalue weighted by Gasteiger charge is -2.22. The number of fused-ring (bicyclic) bond motifs is 3. The molecule has 1 aliphatic rings. The molecule has 4 heteroatoms. The zero-order valence-electron chi connectivity index (χ0n) is 11.2. The molecule has 3 rings (SSSR count). The number of aromatic amines is 1. The highest BCUT2D eigenvalue weighted by molar-refractivity contribution is 5.86. The molecule has 1 unspecified atom stereocenters. The van der Waals surface area contributed by atoms with Crippen molar-refractivity contribution in [1.82, 2.24) is 10.3 Å². The lowest BCUT2D eigenvalue weighted by atomic mass is 9.92. The minimum absolute atomic E-state index is 0.0474. The van der Waals surface area contributed by atoms with Crippen LogP contribution < -0.4 is 10.1 Å². The average Bonchev–Trinajstić information content (AvgIpc) is 2.74. The molecular formula is C15H18N2O2. The fraction of sp³-hybridized carbons (Fsp3) is 0.400. The number of benzene rings is 1. The molecule has 1 aromatic carbocycles. The number of ether oxygens (including phenoxy) is 1. The normalized spacial score (nSPS) is 18.1. The van der Waals surface area contributed by atoms with Crippen LogP contribution in [-0.4, -0.2) is 24.0 Å². The van der Waals surface area contributed by atoms with Crippen LogP contribution >= 0.6 is 0 Å². The van der Waals surface area contributed by atoms with Crippen molar-refractivity contribution in [3.05, 3.63) is 29.5 Å².